The number of rotatable bonds is 6. The van der Waals surface area contributed by atoms with Crippen LogP contribution in [0.3, 0.4) is 0 Å². The molecule has 2 heterocycles. The Hall–Kier alpha value is -14.4. The third kappa shape index (κ3) is 15.0. The van der Waals surface area contributed by atoms with E-state index in [1.165, 1.54) is 222 Å². The minimum atomic E-state index is 0.150. The van der Waals surface area contributed by atoms with E-state index in [1.54, 1.807) is 0 Å². The van der Waals surface area contributed by atoms with Gasteiger partial charge in [-0.1, -0.05) is 436 Å². The first kappa shape index (κ1) is 83.1. The van der Waals surface area contributed by atoms with Crippen molar-refractivity contribution in [1.82, 2.24) is 9.13 Å². The van der Waals surface area contributed by atoms with Crippen LogP contribution in [0.4, 0.5) is 0 Å². The molecule has 2 heteroatoms. The second kappa shape index (κ2) is 33.8. The van der Waals surface area contributed by atoms with Gasteiger partial charge in [0, 0.05) is 60.1 Å². The van der Waals surface area contributed by atoms with Crippen LogP contribution in [0.2, 0.25) is 0 Å². The van der Waals surface area contributed by atoms with Gasteiger partial charge in [-0.05, 0) is 235 Å². The van der Waals surface area contributed by atoms with Crippen molar-refractivity contribution in [2.45, 2.75) is 119 Å². The van der Waals surface area contributed by atoms with Gasteiger partial charge in [0.1, 0.15) is 0 Å². The maximum atomic E-state index is 2.41. The van der Waals surface area contributed by atoms with Gasteiger partial charge < -0.3 is 9.13 Å². The number of hydrogen-bond acceptors (Lipinski definition) is 0. The summed E-state index contributed by atoms with van der Waals surface area (Å²) in [7, 11) is 0. The summed E-state index contributed by atoms with van der Waals surface area (Å²) in [6, 6.07) is 149. The molecule has 0 radical (unpaired) electrons. The second-order valence-electron chi connectivity index (χ2n) is 37.4. The maximum absolute atomic E-state index is 2.41. The fourth-order valence-electron chi connectivity index (χ4n) is 21.1. The third-order valence-electron chi connectivity index (χ3n) is 27.6. The molecule has 624 valence electrons. The molecule has 128 heavy (non-hydrogen) atoms. The van der Waals surface area contributed by atoms with Gasteiger partial charge in [-0.25, -0.2) is 0 Å². The van der Waals surface area contributed by atoms with Crippen molar-refractivity contribution in [2.75, 3.05) is 0 Å². The Balaban J connectivity index is 0.000000103. The van der Waals surface area contributed by atoms with Gasteiger partial charge in [0.2, 0.25) is 0 Å². The molecule has 0 N–H and O–H groups in total. The summed E-state index contributed by atoms with van der Waals surface area (Å²) in [4.78, 5) is 0. The lowest BCUT2D eigenvalue weighted by molar-refractivity contribution is 0.655. The first-order chi connectivity index (χ1) is 62.0. The van der Waals surface area contributed by atoms with Crippen molar-refractivity contribution >= 4 is 43.6 Å². The molecule has 2 nitrogen and oxygen atoms in total. The summed E-state index contributed by atoms with van der Waals surface area (Å²) in [5, 5.41) is 5.13. The molecule has 0 spiro atoms. The molecule has 0 atom stereocenters. The van der Waals surface area contributed by atoms with Crippen LogP contribution in [-0.4, -0.2) is 9.13 Å². The first-order valence-electron chi connectivity index (χ1n) is 45.4. The Morgan fingerprint density at radius 3 is 1.16 bits per heavy atom. The third-order valence-corrected chi connectivity index (χ3v) is 27.6. The van der Waals surface area contributed by atoms with Crippen LogP contribution in [-0.2, 0) is 21.7 Å². The van der Waals surface area contributed by atoms with Crippen molar-refractivity contribution in [3.05, 3.63) is 490 Å². The predicted molar refractivity (Wildman–Crippen MR) is 548 cm³/mol. The average molecular weight is 1650 g/mol. The number of fused-ring (bicyclic) bond motifs is 18. The molecule has 0 amide bonds. The van der Waals surface area contributed by atoms with Gasteiger partial charge in [-0.3, -0.25) is 0 Å². The summed E-state index contributed by atoms with van der Waals surface area (Å²) < 4.78 is 4.80. The van der Waals surface area contributed by atoms with E-state index in [0.29, 0.717) is 0 Å². The van der Waals surface area contributed by atoms with Crippen LogP contribution in [0.15, 0.2) is 413 Å². The molecule has 2 aromatic heterocycles. The van der Waals surface area contributed by atoms with Gasteiger partial charge in [-0.15, -0.1) is 0 Å². The van der Waals surface area contributed by atoms with Gasteiger partial charge in [0.25, 0.3) is 0 Å². The maximum Gasteiger partial charge on any atom is 0.0619 e. The predicted octanol–water partition coefficient (Wildman–Crippen LogP) is 34.1. The van der Waals surface area contributed by atoms with E-state index in [9.17, 15) is 0 Å². The molecule has 4 aliphatic rings. The zero-order valence-electron chi connectivity index (χ0n) is 76.2. The number of para-hydroxylation sites is 3. The minimum absolute atomic E-state index is 0.150. The van der Waals surface area contributed by atoms with E-state index < -0.39 is 0 Å². The zero-order chi connectivity index (χ0) is 88.3. The van der Waals surface area contributed by atoms with Gasteiger partial charge in [-0.2, -0.15) is 0 Å². The Labute approximate surface area is 756 Å². The molecular formula is C126H110N2. The summed E-state index contributed by atoms with van der Waals surface area (Å²) in [5.41, 5.74) is 48.9. The average Bonchev–Trinajstić information content (AvgIpc) is 1.73. The van der Waals surface area contributed by atoms with E-state index in [4.69, 9.17) is 0 Å². The highest BCUT2D eigenvalue weighted by Gasteiger charge is 2.39. The lowest BCUT2D eigenvalue weighted by Gasteiger charge is -2.23. The van der Waals surface area contributed by atoms with E-state index >= 15 is 0 Å². The van der Waals surface area contributed by atoms with Crippen LogP contribution in [0.1, 0.15) is 133 Å². The molecule has 24 rings (SSSR count). The van der Waals surface area contributed by atoms with Crippen molar-refractivity contribution in [3.63, 3.8) is 0 Å². The van der Waals surface area contributed by atoms with Crippen molar-refractivity contribution < 1.29 is 0 Å². The van der Waals surface area contributed by atoms with Crippen molar-refractivity contribution in [2.24, 2.45) is 0 Å². The minimum Gasteiger partial charge on any atom is -0.309 e. The molecule has 20 aromatic rings. The van der Waals surface area contributed by atoms with E-state index in [-0.39, 0.29) is 21.7 Å². The molecule has 0 saturated heterocycles. The largest absolute Gasteiger partial charge is 0.309 e. The lowest BCUT2D eigenvalue weighted by Crippen LogP contribution is -2.16. The fraction of sp³-hybridized carbons (Fsp3) is 0.143. The van der Waals surface area contributed by atoms with Gasteiger partial charge >= 0.3 is 0 Å². The van der Waals surface area contributed by atoms with Crippen LogP contribution in [0.25, 0.3) is 144 Å². The Morgan fingerprint density at radius 2 is 0.562 bits per heavy atom. The number of aryl methyl sites for hydroxylation is 6. The molecule has 0 unspecified atom stereocenters. The smallest absolute Gasteiger partial charge is 0.0619 e. The summed E-state index contributed by atoms with van der Waals surface area (Å²) >= 11 is 0. The monoisotopic (exact) mass is 1650 g/mol. The van der Waals surface area contributed by atoms with Crippen molar-refractivity contribution in [3.8, 4) is 100 Å². The highest BCUT2D eigenvalue weighted by atomic mass is 15.0. The molecular weight excluding hydrogens is 1540 g/mol. The van der Waals surface area contributed by atoms with Gasteiger partial charge in [0.05, 0.1) is 22.1 Å². The van der Waals surface area contributed by atoms with Crippen LogP contribution in [0.5, 0.6) is 0 Å². The summed E-state index contributed by atoms with van der Waals surface area (Å²) in [6.45, 7) is 31.6. The molecule has 0 fully saturated rings. The summed E-state index contributed by atoms with van der Waals surface area (Å²) in [5.74, 6) is 0. The number of aromatic nitrogens is 2. The SMILES string of the molecule is Cc1ccc(-c2cccc3c2c2cc(-c4ccccc4)ccc2n3-c2ccccc2)cc1.Cc1ccc(-c2cccc3c4cc(-c5ccccc5)ccc4n(-c4ccccc4)c23)cc1.Cc1ccc2c(c1)-c1ccccc1C2(C)C.Cc1ccc2c(c1)C(C)(C)c1ccccc1-2.Cc1cccc2c1-c1ccccc1C2(C)C.Cc1cccc2c1C(C)(C)c1ccccc1-2. The Morgan fingerprint density at radius 1 is 0.188 bits per heavy atom. The quantitative estimate of drug-likeness (QED) is 0.157. The van der Waals surface area contributed by atoms with Crippen molar-refractivity contribution in [1.29, 1.82) is 0 Å². The number of hydrogen-bond donors (Lipinski definition) is 0. The normalized spacial score (nSPS) is 13.5. The molecule has 0 aliphatic heterocycles. The molecule has 0 saturated carbocycles. The zero-order valence-corrected chi connectivity index (χ0v) is 76.2. The number of benzene rings is 18. The highest BCUT2D eigenvalue weighted by molar-refractivity contribution is 6.17. The second-order valence-corrected chi connectivity index (χ2v) is 37.4. The van der Waals surface area contributed by atoms with Crippen LogP contribution < -0.4 is 0 Å². The van der Waals surface area contributed by atoms with Crippen LogP contribution in [0, 0.1) is 41.5 Å². The topological polar surface area (TPSA) is 9.86 Å². The molecule has 4 aliphatic carbocycles. The van der Waals surface area contributed by atoms with E-state index in [1.807, 2.05) is 0 Å². The molecule has 0 bridgehead atoms. The summed E-state index contributed by atoms with van der Waals surface area (Å²) in [6.07, 6.45) is 0. The standard InChI is InChI=1S/2C31H23N.4C16H16/c1-22-15-17-24(18-16-22)27-13-8-14-30-31(27)28-21-25(23-9-4-2-5-10-23)19-20-29(28)32(30)26-11-6-3-7-12-26;1-22-15-17-24(18-16-22)27-13-8-14-28-29-21-25(23-9-4-2-5-10-23)19-20-30(29)32(31(27)28)26-11-6-3-7-12-26;1-11-7-6-9-13-12-8-4-5-10-14(12)16(2,3)15(11)13;1-11-7-6-10-14-15(11)12-8-4-5-9-13(12)16(14,2)3;1-11-8-9-15-13(10-11)12-6-4-5-7-14(12)16(15,2)3;1-11-8-9-13-12-6-4-5-7-14(12)16(2,3)15(13)10-11/h2*2-21H,1H3;4*4-10H,1-3H3. The number of nitrogens with zero attached hydrogens (tertiary/aromatic N) is 2. The Bertz CT molecular complexity index is 7530. The fourth-order valence-corrected chi connectivity index (χ4v) is 21.1. The lowest BCUT2D eigenvalue weighted by atomic mass is 9.80. The van der Waals surface area contributed by atoms with E-state index in [0.717, 1.165) is 0 Å². The highest BCUT2D eigenvalue weighted by Crippen LogP contribution is 2.54. The first-order valence-corrected chi connectivity index (χ1v) is 45.4. The van der Waals surface area contributed by atoms with E-state index in [2.05, 4.69) is 519 Å². The Kier molecular flexibility index (Phi) is 22.0. The van der Waals surface area contributed by atoms with Crippen LogP contribution >= 0.6 is 0 Å². The van der Waals surface area contributed by atoms with Gasteiger partial charge in [0.15, 0.2) is 0 Å². The molecule has 18 aromatic carbocycles.